The van der Waals surface area contributed by atoms with Gasteiger partial charge in [-0.25, -0.2) is 4.79 Å². The first-order chi connectivity index (χ1) is 10.0. The van der Waals surface area contributed by atoms with Gasteiger partial charge in [0.25, 0.3) is 5.91 Å². The minimum Gasteiger partial charge on any atom is -0.341 e. The summed E-state index contributed by atoms with van der Waals surface area (Å²) in [5.74, 6) is -0.321. The fourth-order valence-corrected chi connectivity index (χ4v) is 2.88. The van der Waals surface area contributed by atoms with E-state index in [0.717, 1.165) is 0 Å². The zero-order valence-corrected chi connectivity index (χ0v) is 11.7. The van der Waals surface area contributed by atoms with Crippen molar-refractivity contribution in [3.05, 3.63) is 18.5 Å². The van der Waals surface area contributed by atoms with Gasteiger partial charge in [0.1, 0.15) is 11.6 Å². The third-order valence-electron chi connectivity index (χ3n) is 4.22. The first kappa shape index (κ1) is 13.6. The lowest BCUT2D eigenvalue weighted by molar-refractivity contribution is -0.138. The van der Waals surface area contributed by atoms with Crippen molar-refractivity contribution in [3.8, 4) is 0 Å². The number of hydrogen-bond donors (Lipinski definition) is 2. The first-order valence-corrected chi connectivity index (χ1v) is 6.93. The molecule has 0 radical (unpaired) electrons. The van der Waals surface area contributed by atoms with E-state index in [0.29, 0.717) is 25.9 Å². The molecule has 1 aromatic rings. The van der Waals surface area contributed by atoms with Gasteiger partial charge in [-0.3, -0.25) is 19.6 Å². The van der Waals surface area contributed by atoms with Crippen LogP contribution < -0.4 is 10.6 Å². The maximum Gasteiger partial charge on any atom is 0.322 e. The molecule has 1 unspecified atom stereocenters. The minimum atomic E-state index is -0.844. The average molecular weight is 291 g/mol. The van der Waals surface area contributed by atoms with E-state index in [4.69, 9.17) is 0 Å². The highest BCUT2D eigenvalue weighted by molar-refractivity contribution is 6.07. The monoisotopic (exact) mass is 291 g/mol. The quantitative estimate of drug-likeness (QED) is 0.728. The molecule has 3 rings (SSSR count). The summed E-state index contributed by atoms with van der Waals surface area (Å²) in [6.45, 7) is 2.68. The number of urea groups is 1. The van der Waals surface area contributed by atoms with Crippen molar-refractivity contribution in [1.82, 2.24) is 25.3 Å². The largest absolute Gasteiger partial charge is 0.341 e. The van der Waals surface area contributed by atoms with Crippen molar-refractivity contribution in [1.29, 1.82) is 0 Å². The molecule has 8 heteroatoms. The maximum absolute atomic E-state index is 12.4. The second-order valence-corrected chi connectivity index (χ2v) is 5.48. The van der Waals surface area contributed by atoms with Crippen molar-refractivity contribution in [3.63, 3.8) is 0 Å². The van der Waals surface area contributed by atoms with Crippen molar-refractivity contribution < 1.29 is 14.4 Å². The number of aromatic nitrogens is 2. The summed E-state index contributed by atoms with van der Waals surface area (Å²) in [4.78, 5) is 37.3. The molecule has 8 nitrogen and oxygen atoms in total. The summed E-state index contributed by atoms with van der Waals surface area (Å²) in [6.07, 6.45) is 4.25. The zero-order chi connectivity index (χ0) is 15.0. The van der Waals surface area contributed by atoms with E-state index in [1.165, 1.54) is 0 Å². The standard InChI is InChI=1S/C13H17N5O3/c1-9(18-6-2-5-14-18)10(19)17-7-3-13(4-8-17)11(20)15-12(21)16-13/h2,5-6,9H,3-4,7-8H2,1H3,(H2,15,16,20,21). The Morgan fingerprint density at radius 3 is 2.62 bits per heavy atom. The lowest BCUT2D eigenvalue weighted by Crippen LogP contribution is -2.56. The van der Waals surface area contributed by atoms with E-state index < -0.39 is 11.6 Å². The van der Waals surface area contributed by atoms with Crippen molar-refractivity contribution in [2.75, 3.05) is 13.1 Å². The molecule has 0 saturated carbocycles. The van der Waals surface area contributed by atoms with Crippen LogP contribution in [0.25, 0.3) is 0 Å². The van der Waals surface area contributed by atoms with Crippen LogP contribution in [-0.2, 0) is 9.59 Å². The molecule has 0 aromatic carbocycles. The molecule has 3 heterocycles. The van der Waals surface area contributed by atoms with Crippen LogP contribution in [0.2, 0.25) is 0 Å². The molecule has 1 spiro atoms. The molecular weight excluding hydrogens is 274 g/mol. The molecule has 2 fully saturated rings. The van der Waals surface area contributed by atoms with Crippen LogP contribution in [0, 0.1) is 0 Å². The summed E-state index contributed by atoms with van der Waals surface area (Å²) in [6, 6.07) is 0.943. The summed E-state index contributed by atoms with van der Waals surface area (Å²) in [7, 11) is 0. The van der Waals surface area contributed by atoms with E-state index in [1.54, 1.807) is 35.0 Å². The Balaban J connectivity index is 1.65. The predicted octanol–water partition coefficient (Wildman–Crippen LogP) is -0.355. The highest BCUT2D eigenvalue weighted by Crippen LogP contribution is 2.26. The van der Waals surface area contributed by atoms with Crippen LogP contribution in [0.15, 0.2) is 18.5 Å². The van der Waals surface area contributed by atoms with Crippen LogP contribution in [-0.4, -0.2) is 51.2 Å². The Bertz CT molecular complexity index is 575. The van der Waals surface area contributed by atoms with Gasteiger partial charge in [0.15, 0.2) is 0 Å². The fraction of sp³-hybridized carbons (Fsp3) is 0.538. The zero-order valence-electron chi connectivity index (χ0n) is 11.7. The molecule has 0 bridgehead atoms. The van der Waals surface area contributed by atoms with Crippen LogP contribution in [0.4, 0.5) is 4.79 Å². The summed E-state index contributed by atoms with van der Waals surface area (Å²) in [5.41, 5.74) is -0.844. The molecule has 4 amide bonds. The number of carbonyl (C=O) groups excluding carboxylic acids is 3. The fourth-order valence-electron chi connectivity index (χ4n) is 2.88. The summed E-state index contributed by atoms with van der Waals surface area (Å²) < 4.78 is 1.61. The number of piperidine rings is 1. The van der Waals surface area contributed by atoms with Gasteiger partial charge in [-0.2, -0.15) is 5.10 Å². The van der Waals surface area contributed by atoms with Crippen LogP contribution in [0.3, 0.4) is 0 Å². The lowest BCUT2D eigenvalue weighted by atomic mass is 9.87. The topological polar surface area (TPSA) is 96.3 Å². The molecule has 2 aliphatic heterocycles. The van der Waals surface area contributed by atoms with Crippen molar-refractivity contribution in [2.45, 2.75) is 31.3 Å². The normalized spacial score (nSPS) is 22.0. The smallest absolute Gasteiger partial charge is 0.322 e. The molecule has 2 N–H and O–H groups in total. The molecule has 2 aliphatic rings. The molecule has 0 aliphatic carbocycles. The second-order valence-electron chi connectivity index (χ2n) is 5.48. The Morgan fingerprint density at radius 1 is 1.38 bits per heavy atom. The van der Waals surface area contributed by atoms with E-state index in [1.807, 2.05) is 0 Å². The predicted molar refractivity (Wildman–Crippen MR) is 72.2 cm³/mol. The van der Waals surface area contributed by atoms with Crippen LogP contribution in [0.1, 0.15) is 25.8 Å². The van der Waals surface area contributed by atoms with Gasteiger partial charge in [0, 0.05) is 25.5 Å². The van der Waals surface area contributed by atoms with Gasteiger partial charge in [-0.1, -0.05) is 0 Å². The Hall–Kier alpha value is -2.38. The van der Waals surface area contributed by atoms with Gasteiger partial charge in [-0.15, -0.1) is 0 Å². The minimum absolute atomic E-state index is 0.0294. The molecule has 1 aromatic heterocycles. The molecule has 1 atom stereocenters. The van der Waals surface area contributed by atoms with E-state index in [9.17, 15) is 14.4 Å². The molecular formula is C13H17N5O3. The summed E-state index contributed by atoms with van der Waals surface area (Å²) >= 11 is 0. The van der Waals surface area contributed by atoms with Gasteiger partial charge in [-0.05, 0) is 25.8 Å². The Morgan fingerprint density at radius 2 is 2.10 bits per heavy atom. The highest BCUT2D eigenvalue weighted by Gasteiger charge is 2.48. The lowest BCUT2D eigenvalue weighted by Gasteiger charge is -2.37. The molecule has 2 saturated heterocycles. The molecule has 112 valence electrons. The van der Waals surface area contributed by atoms with Gasteiger partial charge in [0.05, 0.1) is 0 Å². The second kappa shape index (κ2) is 4.87. The third kappa shape index (κ3) is 2.26. The number of hydrogen-bond acceptors (Lipinski definition) is 4. The maximum atomic E-state index is 12.4. The number of amides is 4. The third-order valence-corrected chi connectivity index (χ3v) is 4.22. The Kier molecular flexibility index (Phi) is 3.15. The van der Waals surface area contributed by atoms with Crippen molar-refractivity contribution in [2.24, 2.45) is 0 Å². The van der Waals surface area contributed by atoms with E-state index in [-0.39, 0.29) is 17.9 Å². The van der Waals surface area contributed by atoms with Gasteiger partial charge < -0.3 is 10.2 Å². The van der Waals surface area contributed by atoms with Crippen LogP contribution in [0.5, 0.6) is 0 Å². The highest BCUT2D eigenvalue weighted by atomic mass is 16.2. The number of nitrogens with one attached hydrogen (secondary N) is 2. The number of likely N-dealkylation sites (tertiary alicyclic amines) is 1. The van der Waals surface area contributed by atoms with E-state index in [2.05, 4.69) is 15.7 Å². The summed E-state index contributed by atoms with van der Waals surface area (Å²) in [5, 5.41) is 9.01. The average Bonchev–Trinajstić information content (AvgIpc) is 3.08. The number of rotatable bonds is 2. The van der Waals surface area contributed by atoms with Crippen LogP contribution >= 0.6 is 0 Å². The Labute approximate surface area is 121 Å². The first-order valence-electron chi connectivity index (χ1n) is 6.93. The van der Waals surface area contributed by atoms with Crippen molar-refractivity contribution >= 4 is 17.8 Å². The van der Waals surface area contributed by atoms with E-state index >= 15 is 0 Å². The van der Waals surface area contributed by atoms with Gasteiger partial charge >= 0.3 is 6.03 Å². The SMILES string of the molecule is CC(C(=O)N1CCC2(CC1)NC(=O)NC2=O)n1cccn1. The number of imide groups is 1. The molecule has 21 heavy (non-hydrogen) atoms. The number of nitrogens with zero attached hydrogens (tertiary/aromatic N) is 3. The number of carbonyl (C=O) groups is 3. The van der Waals surface area contributed by atoms with Gasteiger partial charge in [0.2, 0.25) is 5.91 Å².